The van der Waals surface area contributed by atoms with Crippen molar-refractivity contribution < 1.29 is 4.39 Å². The minimum Gasteiger partial charge on any atom is -0.394 e. The average Bonchev–Trinajstić information content (AvgIpc) is 2.47. The van der Waals surface area contributed by atoms with Crippen molar-refractivity contribution >= 4 is 16.6 Å². The predicted octanol–water partition coefficient (Wildman–Crippen LogP) is 1.72. The lowest BCUT2D eigenvalue weighted by Gasteiger charge is -2.13. The van der Waals surface area contributed by atoms with Gasteiger partial charge in [0.05, 0.1) is 17.9 Å². The fraction of sp³-hybridized carbons (Fsp3) is 0.0714. The summed E-state index contributed by atoms with van der Waals surface area (Å²) in [6.45, 7) is 0. The van der Waals surface area contributed by atoms with E-state index in [1.165, 1.54) is 23.0 Å². The van der Waals surface area contributed by atoms with Gasteiger partial charge in [-0.1, -0.05) is 18.2 Å². The lowest BCUT2D eigenvalue weighted by atomic mass is 10.0. The van der Waals surface area contributed by atoms with Crippen molar-refractivity contribution in [2.45, 2.75) is 0 Å². The number of halogens is 1. The molecule has 0 aliphatic heterocycles. The average molecular weight is 270 g/mol. The normalized spacial score (nSPS) is 10.9. The Hall–Kier alpha value is -2.76. The molecule has 0 saturated carbocycles. The van der Waals surface area contributed by atoms with Crippen molar-refractivity contribution in [3.05, 3.63) is 52.8 Å². The van der Waals surface area contributed by atoms with Crippen LogP contribution in [0, 0.1) is 5.82 Å². The molecular formula is C14H11FN4O. The molecule has 0 saturated heterocycles. The first-order chi connectivity index (χ1) is 9.61. The lowest BCUT2D eigenvalue weighted by Crippen LogP contribution is -2.22. The van der Waals surface area contributed by atoms with Crippen molar-refractivity contribution in [1.29, 1.82) is 0 Å². The zero-order valence-corrected chi connectivity index (χ0v) is 10.7. The van der Waals surface area contributed by atoms with E-state index >= 15 is 0 Å². The molecule has 0 amide bonds. The smallest absolute Gasteiger partial charge is 0.274 e. The standard InChI is InChI=1S/C14H11FN4O/c1-19-11-7-18-17-6-9(11)12(13(16)14(19)20)8-4-2-3-5-10(8)15/h2-7H,16H2,1H3. The highest BCUT2D eigenvalue weighted by atomic mass is 19.1. The number of anilines is 1. The first kappa shape index (κ1) is 12.3. The molecule has 0 spiro atoms. The first-order valence-electron chi connectivity index (χ1n) is 5.95. The van der Waals surface area contributed by atoms with Gasteiger partial charge >= 0.3 is 0 Å². The number of pyridine rings is 1. The van der Waals surface area contributed by atoms with Gasteiger partial charge in [-0.2, -0.15) is 10.2 Å². The quantitative estimate of drug-likeness (QED) is 0.730. The minimum absolute atomic E-state index is 0.00176. The van der Waals surface area contributed by atoms with E-state index in [1.54, 1.807) is 25.2 Å². The molecule has 20 heavy (non-hydrogen) atoms. The van der Waals surface area contributed by atoms with E-state index in [0.717, 1.165) is 0 Å². The van der Waals surface area contributed by atoms with E-state index in [-0.39, 0.29) is 16.8 Å². The van der Waals surface area contributed by atoms with E-state index in [1.807, 2.05) is 0 Å². The summed E-state index contributed by atoms with van der Waals surface area (Å²) in [6.07, 6.45) is 2.94. The highest BCUT2D eigenvalue weighted by molar-refractivity contribution is 5.99. The van der Waals surface area contributed by atoms with Gasteiger partial charge in [0, 0.05) is 23.6 Å². The van der Waals surface area contributed by atoms with Crippen LogP contribution in [0.2, 0.25) is 0 Å². The molecule has 0 radical (unpaired) electrons. The second kappa shape index (κ2) is 4.41. The van der Waals surface area contributed by atoms with E-state index < -0.39 is 5.82 Å². The molecule has 3 aromatic rings. The molecule has 2 N–H and O–H groups in total. The Morgan fingerprint density at radius 1 is 1.20 bits per heavy atom. The summed E-state index contributed by atoms with van der Waals surface area (Å²) in [5.74, 6) is -0.439. The molecule has 0 atom stereocenters. The zero-order chi connectivity index (χ0) is 14.3. The second-order valence-electron chi connectivity index (χ2n) is 4.42. The fourth-order valence-electron chi connectivity index (χ4n) is 2.27. The molecule has 0 bridgehead atoms. The van der Waals surface area contributed by atoms with Crippen molar-refractivity contribution in [1.82, 2.24) is 14.8 Å². The number of nitrogen functional groups attached to an aromatic ring is 1. The summed E-state index contributed by atoms with van der Waals surface area (Å²) in [4.78, 5) is 12.2. The van der Waals surface area contributed by atoms with Crippen LogP contribution in [0.15, 0.2) is 41.5 Å². The molecule has 3 rings (SSSR count). The largest absolute Gasteiger partial charge is 0.394 e. The molecule has 0 unspecified atom stereocenters. The second-order valence-corrected chi connectivity index (χ2v) is 4.42. The Morgan fingerprint density at radius 3 is 2.65 bits per heavy atom. The summed E-state index contributed by atoms with van der Waals surface area (Å²) in [6, 6.07) is 6.18. The predicted molar refractivity (Wildman–Crippen MR) is 74.6 cm³/mol. The van der Waals surface area contributed by atoms with Crippen molar-refractivity contribution in [3.8, 4) is 11.1 Å². The van der Waals surface area contributed by atoms with Crippen LogP contribution in [0.25, 0.3) is 22.0 Å². The monoisotopic (exact) mass is 270 g/mol. The number of rotatable bonds is 1. The third-order valence-electron chi connectivity index (χ3n) is 3.29. The van der Waals surface area contributed by atoms with E-state index in [2.05, 4.69) is 10.2 Å². The SMILES string of the molecule is Cn1c(=O)c(N)c(-c2ccccc2F)c2cnncc21. The van der Waals surface area contributed by atoms with E-state index in [4.69, 9.17) is 5.73 Å². The molecule has 0 aliphatic rings. The van der Waals surface area contributed by atoms with Crippen LogP contribution in [-0.4, -0.2) is 14.8 Å². The van der Waals surface area contributed by atoms with Gasteiger partial charge in [0.1, 0.15) is 11.5 Å². The molecule has 1 aromatic carbocycles. The lowest BCUT2D eigenvalue weighted by molar-refractivity contribution is 0.631. The molecule has 0 fully saturated rings. The number of fused-ring (bicyclic) bond motifs is 1. The number of aromatic nitrogens is 3. The van der Waals surface area contributed by atoms with Gasteiger partial charge in [0.25, 0.3) is 5.56 Å². The van der Waals surface area contributed by atoms with Crippen molar-refractivity contribution in [3.63, 3.8) is 0 Å². The molecule has 6 heteroatoms. The summed E-state index contributed by atoms with van der Waals surface area (Å²) >= 11 is 0. The Balaban J connectivity index is 2.54. The number of benzene rings is 1. The summed E-state index contributed by atoms with van der Waals surface area (Å²) in [7, 11) is 1.59. The Kier molecular flexibility index (Phi) is 2.71. The Labute approximate surface area is 113 Å². The summed E-state index contributed by atoms with van der Waals surface area (Å²) < 4.78 is 15.4. The van der Waals surface area contributed by atoms with Crippen LogP contribution < -0.4 is 11.3 Å². The topological polar surface area (TPSA) is 73.8 Å². The van der Waals surface area contributed by atoms with Crippen molar-refractivity contribution in [2.75, 3.05) is 5.73 Å². The van der Waals surface area contributed by atoms with Crippen LogP contribution >= 0.6 is 0 Å². The number of hydrogen-bond donors (Lipinski definition) is 1. The maximum absolute atomic E-state index is 14.0. The molecule has 5 nitrogen and oxygen atoms in total. The molecule has 2 aromatic heterocycles. The molecule has 2 heterocycles. The van der Waals surface area contributed by atoms with Gasteiger partial charge in [-0.3, -0.25) is 4.79 Å². The van der Waals surface area contributed by atoms with Gasteiger partial charge in [0.2, 0.25) is 0 Å². The summed E-state index contributed by atoms with van der Waals surface area (Å²) in [5, 5.41) is 8.14. The van der Waals surface area contributed by atoms with Gasteiger partial charge in [0.15, 0.2) is 0 Å². The third-order valence-corrected chi connectivity index (χ3v) is 3.29. The van der Waals surface area contributed by atoms with Crippen LogP contribution in [0.4, 0.5) is 10.1 Å². The molecule has 0 aliphatic carbocycles. The van der Waals surface area contributed by atoms with Gasteiger partial charge in [-0.25, -0.2) is 4.39 Å². The minimum atomic E-state index is -0.439. The number of nitrogens with zero attached hydrogens (tertiary/aromatic N) is 3. The van der Waals surface area contributed by atoms with Crippen LogP contribution in [-0.2, 0) is 7.05 Å². The molecule has 100 valence electrons. The third kappa shape index (κ3) is 1.65. The Bertz CT molecular complexity index is 873. The number of hydrogen-bond acceptors (Lipinski definition) is 4. The number of nitrogens with two attached hydrogens (primary N) is 1. The van der Waals surface area contributed by atoms with E-state index in [0.29, 0.717) is 16.5 Å². The van der Waals surface area contributed by atoms with Gasteiger partial charge in [-0.05, 0) is 6.07 Å². The van der Waals surface area contributed by atoms with Crippen LogP contribution in [0.5, 0.6) is 0 Å². The first-order valence-corrected chi connectivity index (χ1v) is 5.95. The van der Waals surface area contributed by atoms with Crippen LogP contribution in [0.3, 0.4) is 0 Å². The molecular weight excluding hydrogens is 259 g/mol. The fourth-order valence-corrected chi connectivity index (χ4v) is 2.27. The Morgan fingerprint density at radius 2 is 1.90 bits per heavy atom. The maximum Gasteiger partial charge on any atom is 0.274 e. The van der Waals surface area contributed by atoms with Gasteiger partial charge < -0.3 is 10.3 Å². The maximum atomic E-state index is 14.0. The zero-order valence-electron chi connectivity index (χ0n) is 10.7. The van der Waals surface area contributed by atoms with Crippen molar-refractivity contribution in [2.24, 2.45) is 7.05 Å². The van der Waals surface area contributed by atoms with Crippen LogP contribution in [0.1, 0.15) is 0 Å². The summed E-state index contributed by atoms with van der Waals surface area (Å²) in [5.41, 5.74) is 6.70. The highest BCUT2D eigenvalue weighted by Crippen LogP contribution is 2.32. The highest BCUT2D eigenvalue weighted by Gasteiger charge is 2.17. The van der Waals surface area contributed by atoms with E-state index in [9.17, 15) is 9.18 Å². The number of aryl methyl sites for hydroxylation is 1. The van der Waals surface area contributed by atoms with Gasteiger partial charge in [-0.15, -0.1) is 0 Å².